The van der Waals surface area contributed by atoms with Gasteiger partial charge >= 0.3 is 5.97 Å². The molecule has 112 valence electrons. The molecule has 2 heterocycles. The average Bonchev–Trinajstić information content (AvgIpc) is 2.78. The van der Waals surface area contributed by atoms with Crippen LogP contribution in [-0.2, 0) is 14.3 Å². The Morgan fingerprint density at radius 3 is 2.86 bits per heavy atom. The number of anilines is 1. The van der Waals surface area contributed by atoms with Crippen molar-refractivity contribution in [1.29, 1.82) is 0 Å². The van der Waals surface area contributed by atoms with Gasteiger partial charge in [0.25, 0.3) is 0 Å². The Morgan fingerprint density at radius 2 is 2.14 bits per heavy atom. The summed E-state index contributed by atoms with van der Waals surface area (Å²) in [6, 6.07) is 3.73. The number of nitrogens with zero attached hydrogens (tertiary/aromatic N) is 1. The van der Waals surface area contributed by atoms with Crippen LogP contribution in [0.1, 0.15) is 44.1 Å². The van der Waals surface area contributed by atoms with Crippen LogP contribution in [0.3, 0.4) is 0 Å². The van der Waals surface area contributed by atoms with E-state index in [4.69, 9.17) is 4.74 Å². The van der Waals surface area contributed by atoms with Gasteiger partial charge in [-0.25, -0.2) is 4.98 Å². The van der Waals surface area contributed by atoms with Gasteiger partial charge in [0.05, 0.1) is 12.3 Å². The second kappa shape index (κ2) is 5.47. The van der Waals surface area contributed by atoms with Crippen molar-refractivity contribution in [2.24, 2.45) is 5.92 Å². The van der Waals surface area contributed by atoms with E-state index < -0.39 is 11.5 Å². The third-order valence-electron chi connectivity index (χ3n) is 4.59. The number of amides is 1. The van der Waals surface area contributed by atoms with Gasteiger partial charge in [-0.15, -0.1) is 0 Å². The fourth-order valence-electron chi connectivity index (χ4n) is 3.44. The maximum atomic E-state index is 12.6. The number of aromatic nitrogens is 1. The molecule has 2 fully saturated rings. The molecule has 3 rings (SSSR count). The van der Waals surface area contributed by atoms with Crippen LogP contribution in [-0.4, -0.2) is 22.5 Å². The highest BCUT2D eigenvalue weighted by atomic mass is 16.6. The van der Waals surface area contributed by atoms with Crippen LogP contribution in [0.4, 0.5) is 5.82 Å². The third kappa shape index (κ3) is 2.64. The highest BCUT2D eigenvalue weighted by Gasteiger charge is 2.52. The van der Waals surface area contributed by atoms with Crippen LogP contribution >= 0.6 is 0 Å². The molecule has 0 bridgehead atoms. The number of hydrogen-bond acceptors (Lipinski definition) is 4. The Bertz CT molecular complexity index is 564. The first-order valence-corrected chi connectivity index (χ1v) is 7.55. The predicted octanol–water partition coefficient (Wildman–Crippen LogP) is 2.59. The topological polar surface area (TPSA) is 68.3 Å². The summed E-state index contributed by atoms with van der Waals surface area (Å²) < 4.78 is 5.57. The number of pyridine rings is 1. The van der Waals surface area contributed by atoms with Gasteiger partial charge in [-0.1, -0.05) is 12.5 Å². The summed E-state index contributed by atoms with van der Waals surface area (Å²) in [4.78, 5) is 28.5. The van der Waals surface area contributed by atoms with E-state index >= 15 is 0 Å². The second-order valence-electron chi connectivity index (χ2n) is 6.01. The van der Waals surface area contributed by atoms with Crippen molar-refractivity contribution in [2.75, 3.05) is 5.32 Å². The molecule has 1 saturated carbocycles. The molecule has 1 saturated heterocycles. The zero-order valence-corrected chi connectivity index (χ0v) is 12.2. The Morgan fingerprint density at radius 1 is 1.38 bits per heavy atom. The SMILES string of the molecule is Cc1cccnc1NC(=O)[C@@H]1CC(=O)OC12CCCCC2. The molecule has 21 heavy (non-hydrogen) atoms. The normalized spacial score (nSPS) is 23.9. The van der Waals surface area contributed by atoms with Crippen LogP contribution in [0, 0.1) is 12.8 Å². The van der Waals surface area contributed by atoms with E-state index in [0.29, 0.717) is 5.82 Å². The molecule has 5 heteroatoms. The molecule has 1 aromatic heterocycles. The predicted molar refractivity (Wildman–Crippen MR) is 77.6 cm³/mol. The maximum absolute atomic E-state index is 12.6. The lowest BCUT2D eigenvalue weighted by Gasteiger charge is -2.35. The summed E-state index contributed by atoms with van der Waals surface area (Å²) in [5, 5.41) is 2.86. The van der Waals surface area contributed by atoms with Crippen LogP contribution in [0.5, 0.6) is 0 Å². The zero-order valence-electron chi connectivity index (χ0n) is 12.2. The minimum atomic E-state index is -0.581. The van der Waals surface area contributed by atoms with E-state index in [0.717, 1.165) is 37.7 Å². The van der Waals surface area contributed by atoms with Gasteiger partial charge in [-0.2, -0.15) is 0 Å². The molecule has 1 aromatic rings. The number of hydrogen-bond donors (Lipinski definition) is 1. The van der Waals surface area contributed by atoms with Crippen LogP contribution < -0.4 is 5.32 Å². The molecule has 0 radical (unpaired) electrons. The molecule has 1 aliphatic carbocycles. The van der Waals surface area contributed by atoms with Crippen molar-refractivity contribution >= 4 is 17.7 Å². The summed E-state index contributed by atoms with van der Waals surface area (Å²) in [7, 11) is 0. The molecule has 1 amide bonds. The average molecular weight is 288 g/mol. The summed E-state index contributed by atoms with van der Waals surface area (Å²) in [5.41, 5.74) is 0.330. The summed E-state index contributed by atoms with van der Waals surface area (Å²) in [6.07, 6.45) is 6.58. The molecule has 2 aliphatic rings. The van der Waals surface area contributed by atoms with E-state index in [2.05, 4.69) is 10.3 Å². The summed E-state index contributed by atoms with van der Waals surface area (Å²) in [6.45, 7) is 1.90. The third-order valence-corrected chi connectivity index (χ3v) is 4.59. The molecule has 1 spiro atoms. The minimum Gasteiger partial charge on any atom is -0.458 e. The highest BCUT2D eigenvalue weighted by Crippen LogP contribution is 2.44. The van der Waals surface area contributed by atoms with E-state index in [9.17, 15) is 9.59 Å². The van der Waals surface area contributed by atoms with Crippen molar-refractivity contribution in [3.63, 3.8) is 0 Å². The lowest BCUT2D eigenvalue weighted by molar-refractivity contribution is -0.153. The lowest BCUT2D eigenvalue weighted by atomic mass is 9.75. The quantitative estimate of drug-likeness (QED) is 0.849. The molecule has 1 atom stereocenters. The number of aryl methyl sites for hydroxylation is 1. The first-order chi connectivity index (χ1) is 10.1. The second-order valence-corrected chi connectivity index (χ2v) is 6.01. The Kier molecular flexibility index (Phi) is 3.66. The summed E-state index contributed by atoms with van der Waals surface area (Å²) in [5.74, 6) is -0.237. The molecule has 1 aliphatic heterocycles. The largest absolute Gasteiger partial charge is 0.458 e. The van der Waals surface area contributed by atoms with Gasteiger partial charge in [-0.3, -0.25) is 9.59 Å². The van der Waals surface area contributed by atoms with E-state index in [1.807, 2.05) is 19.1 Å². The summed E-state index contributed by atoms with van der Waals surface area (Å²) >= 11 is 0. The lowest BCUT2D eigenvalue weighted by Crippen LogP contribution is -2.43. The van der Waals surface area contributed by atoms with E-state index in [-0.39, 0.29) is 18.3 Å². The highest BCUT2D eigenvalue weighted by molar-refractivity contribution is 5.96. The fraction of sp³-hybridized carbons (Fsp3) is 0.562. The van der Waals surface area contributed by atoms with E-state index in [1.54, 1.807) is 6.20 Å². The molecular formula is C16H20N2O3. The minimum absolute atomic E-state index is 0.149. The number of carbonyl (C=O) groups excluding carboxylic acids is 2. The standard InChI is InChI=1S/C16H20N2O3/c1-11-6-5-9-17-14(11)18-15(20)12-10-13(19)21-16(12)7-3-2-4-8-16/h5-6,9,12H,2-4,7-8,10H2,1H3,(H,17,18,20)/t12-/m0/s1. The van der Waals surface area contributed by atoms with Crippen molar-refractivity contribution in [2.45, 2.75) is 51.0 Å². The van der Waals surface area contributed by atoms with Crippen molar-refractivity contribution in [3.05, 3.63) is 23.9 Å². The molecule has 0 unspecified atom stereocenters. The van der Waals surface area contributed by atoms with Crippen molar-refractivity contribution < 1.29 is 14.3 Å². The number of nitrogens with one attached hydrogen (secondary N) is 1. The van der Waals surface area contributed by atoms with Gasteiger partial charge < -0.3 is 10.1 Å². The van der Waals surface area contributed by atoms with E-state index in [1.165, 1.54) is 0 Å². The number of rotatable bonds is 2. The van der Waals surface area contributed by atoms with Crippen molar-refractivity contribution in [1.82, 2.24) is 4.98 Å². The molecule has 1 N–H and O–H groups in total. The zero-order chi connectivity index (χ0) is 14.9. The van der Waals surface area contributed by atoms with Crippen LogP contribution in [0.2, 0.25) is 0 Å². The number of ether oxygens (including phenoxy) is 1. The monoisotopic (exact) mass is 288 g/mol. The molecule has 0 aromatic carbocycles. The molecule has 5 nitrogen and oxygen atoms in total. The number of esters is 1. The fourth-order valence-corrected chi connectivity index (χ4v) is 3.44. The molecular weight excluding hydrogens is 268 g/mol. The number of carbonyl (C=O) groups is 2. The Balaban J connectivity index is 1.79. The van der Waals surface area contributed by atoms with Gasteiger partial charge in [0, 0.05) is 6.20 Å². The van der Waals surface area contributed by atoms with Crippen LogP contribution in [0.25, 0.3) is 0 Å². The first-order valence-electron chi connectivity index (χ1n) is 7.55. The van der Waals surface area contributed by atoms with Crippen molar-refractivity contribution in [3.8, 4) is 0 Å². The van der Waals surface area contributed by atoms with Gasteiger partial charge in [-0.05, 0) is 44.2 Å². The van der Waals surface area contributed by atoms with Crippen LogP contribution in [0.15, 0.2) is 18.3 Å². The Hall–Kier alpha value is -1.91. The first kappa shape index (κ1) is 14.0. The van der Waals surface area contributed by atoms with Gasteiger partial charge in [0.15, 0.2) is 0 Å². The Labute approximate surface area is 124 Å². The van der Waals surface area contributed by atoms with Gasteiger partial charge in [0.2, 0.25) is 5.91 Å². The smallest absolute Gasteiger partial charge is 0.307 e. The maximum Gasteiger partial charge on any atom is 0.307 e. The van der Waals surface area contributed by atoms with Gasteiger partial charge in [0.1, 0.15) is 11.4 Å².